The zero-order valence-corrected chi connectivity index (χ0v) is 14.7. The first-order valence-corrected chi connectivity index (χ1v) is 8.54. The first-order chi connectivity index (χ1) is 11.7. The lowest BCUT2D eigenvalue weighted by Gasteiger charge is -2.32. The molecule has 1 saturated heterocycles. The highest BCUT2D eigenvalue weighted by atomic mass is 15.2. The number of aromatic nitrogens is 1. The molecular weight excluding hydrogens is 298 g/mol. The zero-order chi connectivity index (χ0) is 16.9. The molecule has 1 fully saturated rings. The molecule has 0 amide bonds. The molecule has 0 unspecified atom stereocenters. The summed E-state index contributed by atoms with van der Waals surface area (Å²) in [5, 5.41) is 0. The van der Waals surface area contributed by atoms with Gasteiger partial charge in [0.05, 0.1) is 0 Å². The Hall–Kier alpha value is -1.95. The van der Waals surface area contributed by atoms with Crippen LogP contribution in [0.1, 0.15) is 11.1 Å². The van der Waals surface area contributed by atoms with E-state index in [9.17, 15) is 0 Å². The van der Waals surface area contributed by atoms with E-state index >= 15 is 0 Å². The Labute approximate surface area is 144 Å². The maximum absolute atomic E-state index is 5.64. The fraction of sp³-hybridized carbons (Fsp3) is 0.421. The Morgan fingerprint density at radius 1 is 1.08 bits per heavy atom. The molecule has 1 aromatic carbocycles. The predicted octanol–water partition coefficient (Wildman–Crippen LogP) is 2.06. The minimum atomic E-state index is 0.525. The summed E-state index contributed by atoms with van der Waals surface area (Å²) in [7, 11) is 4.25. The number of benzene rings is 1. The van der Waals surface area contributed by atoms with Crippen molar-refractivity contribution in [3.8, 4) is 0 Å². The van der Waals surface area contributed by atoms with E-state index in [-0.39, 0.29) is 0 Å². The van der Waals surface area contributed by atoms with E-state index in [0.29, 0.717) is 6.54 Å². The number of nitrogens with two attached hydrogens (primary N) is 1. The number of piperazine rings is 1. The molecule has 0 spiro atoms. The first kappa shape index (κ1) is 16.9. The lowest BCUT2D eigenvalue weighted by molar-refractivity contribution is 0.148. The van der Waals surface area contributed by atoms with Crippen molar-refractivity contribution in [2.45, 2.75) is 13.1 Å². The minimum Gasteiger partial charge on any atom is -0.329 e. The number of rotatable bonds is 5. The van der Waals surface area contributed by atoms with Crippen molar-refractivity contribution in [2.24, 2.45) is 5.73 Å². The summed E-state index contributed by atoms with van der Waals surface area (Å²) in [6, 6.07) is 12.8. The highest BCUT2D eigenvalue weighted by molar-refractivity contribution is 5.59. The van der Waals surface area contributed by atoms with Crippen LogP contribution in [0.2, 0.25) is 0 Å². The van der Waals surface area contributed by atoms with Crippen LogP contribution in [0.5, 0.6) is 0 Å². The van der Waals surface area contributed by atoms with Crippen molar-refractivity contribution >= 4 is 11.5 Å². The summed E-state index contributed by atoms with van der Waals surface area (Å²) in [5.74, 6) is 0.934. The molecule has 2 heterocycles. The average molecular weight is 325 g/mol. The van der Waals surface area contributed by atoms with Crippen molar-refractivity contribution in [1.29, 1.82) is 0 Å². The molecule has 0 atom stereocenters. The van der Waals surface area contributed by atoms with E-state index in [0.717, 1.165) is 49.8 Å². The molecule has 1 aromatic heterocycles. The smallest absolute Gasteiger partial charge is 0.132 e. The van der Waals surface area contributed by atoms with Gasteiger partial charge in [-0.05, 0) is 36.4 Å². The van der Waals surface area contributed by atoms with E-state index in [1.54, 1.807) is 0 Å². The molecule has 0 aliphatic carbocycles. The van der Waals surface area contributed by atoms with E-state index in [4.69, 9.17) is 5.73 Å². The molecule has 5 heteroatoms. The predicted molar refractivity (Wildman–Crippen MR) is 99.4 cm³/mol. The average Bonchev–Trinajstić information content (AvgIpc) is 2.63. The molecule has 0 bridgehead atoms. The van der Waals surface area contributed by atoms with E-state index in [2.05, 4.69) is 58.0 Å². The molecule has 2 N–H and O–H groups in total. The normalized spacial score (nSPS) is 16.3. The summed E-state index contributed by atoms with van der Waals surface area (Å²) >= 11 is 0. The van der Waals surface area contributed by atoms with Crippen molar-refractivity contribution in [1.82, 2.24) is 14.8 Å². The van der Waals surface area contributed by atoms with Gasteiger partial charge in [-0.25, -0.2) is 4.98 Å². The summed E-state index contributed by atoms with van der Waals surface area (Å²) in [4.78, 5) is 11.5. The molecular formula is C19H27N5. The second-order valence-corrected chi connectivity index (χ2v) is 6.54. The number of likely N-dealkylation sites (N-methyl/N-ethyl adjacent to an activating group) is 1. The second-order valence-electron chi connectivity index (χ2n) is 6.54. The molecule has 0 radical (unpaired) electrons. The van der Waals surface area contributed by atoms with Gasteiger partial charge in [0.2, 0.25) is 0 Å². The van der Waals surface area contributed by atoms with Crippen molar-refractivity contribution in [3.05, 3.63) is 53.7 Å². The SMILES string of the molecule is CN1CCN(Cc2cccc(N(C)c3ccc(CN)cn3)c2)CC1. The lowest BCUT2D eigenvalue weighted by Crippen LogP contribution is -2.43. The zero-order valence-electron chi connectivity index (χ0n) is 14.7. The van der Waals surface area contributed by atoms with Gasteiger partial charge in [-0.1, -0.05) is 18.2 Å². The van der Waals surface area contributed by atoms with Crippen LogP contribution >= 0.6 is 0 Å². The Morgan fingerprint density at radius 3 is 2.54 bits per heavy atom. The molecule has 1 aliphatic heterocycles. The van der Waals surface area contributed by atoms with Crippen LogP contribution in [-0.4, -0.2) is 55.1 Å². The quantitative estimate of drug-likeness (QED) is 0.912. The van der Waals surface area contributed by atoms with Gasteiger partial charge in [0.25, 0.3) is 0 Å². The number of nitrogens with zero attached hydrogens (tertiary/aromatic N) is 4. The topological polar surface area (TPSA) is 48.6 Å². The van der Waals surface area contributed by atoms with Gasteiger partial charge >= 0.3 is 0 Å². The summed E-state index contributed by atoms with van der Waals surface area (Å²) in [6.45, 7) is 6.11. The number of pyridine rings is 1. The number of hydrogen-bond donors (Lipinski definition) is 1. The highest BCUT2D eigenvalue weighted by Crippen LogP contribution is 2.23. The van der Waals surface area contributed by atoms with Crippen LogP contribution in [0.15, 0.2) is 42.6 Å². The van der Waals surface area contributed by atoms with Crippen molar-refractivity contribution < 1.29 is 0 Å². The van der Waals surface area contributed by atoms with Crippen LogP contribution in [0.25, 0.3) is 0 Å². The van der Waals surface area contributed by atoms with Crippen molar-refractivity contribution in [3.63, 3.8) is 0 Å². The van der Waals surface area contributed by atoms with Gasteiger partial charge in [-0.15, -0.1) is 0 Å². The fourth-order valence-corrected chi connectivity index (χ4v) is 3.00. The summed E-state index contributed by atoms with van der Waals surface area (Å²) in [5.41, 5.74) is 9.21. The summed E-state index contributed by atoms with van der Waals surface area (Å²) < 4.78 is 0. The monoisotopic (exact) mass is 325 g/mol. The molecule has 5 nitrogen and oxygen atoms in total. The standard InChI is InChI=1S/C19H27N5/c1-22-8-10-24(11-9-22)15-16-4-3-5-18(12-16)23(2)19-7-6-17(13-20)14-21-19/h3-7,12,14H,8-11,13,15,20H2,1-2H3. The third-order valence-corrected chi connectivity index (χ3v) is 4.69. The van der Waals surface area contributed by atoms with Crippen LogP contribution in [0.3, 0.4) is 0 Å². The van der Waals surface area contributed by atoms with Crippen LogP contribution < -0.4 is 10.6 Å². The van der Waals surface area contributed by atoms with Gasteiger partial charge in [-0.3, -0.25) is 4.90 Å². The van der Waals surface area contributed by atoms with Crippen LogP contribution in [-0.2, 0) is 13.1 Å². The lowest BCUT2D eigenvalue weighted by atomic mass is 10.1. The molecule has 24 heavy (non-hydrogen) atoms. The Kier molecular flexibility index (Phi) is 5.45. The van der Waals surface area contributed by atoms with E-state index in [1.807, 2.05) is 18.3 Å². The molecule has 2 aromatic rings. The van der Waals surface area contributed by atoms with Gasteiger partial charge in [0, 0.05) is 58.2 Å². The number of anilines is 2. The van der Waals surface area contributed by atoms with Crippen LogP contribution in [0.4, 0.5) is 11.5 Å². The molecule has 0 saturated carbocycles. The largest absolute Gasteiger partial charge is 0.329 e. The van der Waals surface area contributed by atoms with E-state index in [1.165, 1.54) is 5.56 Å². The maximum Gasteiger partial charge on any atom is 0.132 e. The minimum absolute atomic E-state index is 0.525. The molecule has 1 aliphatic rings. The Bertz CT molecular complexity index is 647. The summed E-state index contributed by atoms with van der Waals surface area (Å²) in [6.07, 6.45) is 1.85. The van der Waals surface area contributed by atoms with Gasteiger partial charge in [-0.2, -0.15) is 0 Å². The van der Waals surface area contributed by atoms with Gasteiger partial charge in [0.15, 0.2) is 0 Å². The van der Waals surface area contributed by atoms with Crippen LogP contribution in [0, 0.1) is 0 Å². The highest BCUT2D eigenvalue weighted by Gasteiger charge is 2.14. The Balaban J connectivity index is 1.69. The molecule has 3 rings (SSSR count). The Morgan fingerprint density at radius 2 is 1.88 bits per heavy atom. The third-order valence-electron chi connectivity index (χ3n) is 4.69. The second kappa shape index (κ2) is 7.75. The molecule has 128 valence electrons. The maximum atomic E-state index is 5.64. The number of hydrogen-bond acceptors (Lipinski definition) is 5. The van der Waals surface area contributed by atoms with Gasteiger partial charge < -0.3 is 15.5 Å². The van der Waals surface area contributed by atoms with Crippen molar-refractivity contribution in [2.75, 3.05) is 45.2 Å². The first-order valence-electron chi connectivity index (χ1n) is 8.54. The third kappa shape index (κ3) is 4.12. The van der Waals surface area contributed by atoms with Gasteiger partial charge in [0.1, 0.15) is 5.82 Å². The van der Waals surface area contributed by atoms with E-state index < -0.39 is 0 Å². The fourth-order valence-electron chi connectivity index (χ4n) is 3.00.